The first kappa shape index (κ1) is 12.8. The van der Waals surface area contributed by atoms with Gasteiger partial charge in [0.2, 0.25) is 0 Å². The lowest BCUT2D eigenvalue weighted by atomic mass is 10.2. The molecule has 0 unspecified atom stereocenters. The summed E-state index contributed by atoms with van der Waals surface area (Å²) in [6, 6.07) is 7.25. The van der Waals surface area contributed by atoms with Gasteiger partial charge in [0.25, 0.3) is 5.82 Å². The summed E-state index contributed by atoms with van der Waals surface area (Å²) in [5.74, 6) is -0.576. The summed E-state index contributed by atoms with van der Waals surface area (Å²) in [5.41, 5.74) is 0.973. The minimum absolute atomic E-state index is 0.223. The summed E-state index contributed by atoms with van der Waals surface area (Å²) in [5, 5.41) is 22.3. The Bertz CT molecular complexity index is 743. The molecule has 0 spiro atoms. The normalized spacial score (nSPS) is 14.0. The number of rotatable bonds is 3. The molecule has 0 atom stereocenters. The van der Waals surface area contributed by atoms with Crippen molar-refractivity contribution in [3.05, 3.63) is 39.9 Å². The number of carbonyl (C=O) groups is 1. The van der Waals surface area contributed by atoms with Gasteiger partial charge in [-0.2, -0.15) is 5.26 Å². The fourth-order valence-electron chi connectivity index (χ4n) is 1.97. The van der Waals surface area contributed by atoms with Gasteiger partial charge in [-0.15, -0.1) is 5.10 Å². The van der Waals surface area contributed by atoms with E-state index in [1.54, 1.807) is 18.2 Å². The van der Waals surface area contributed by atoms with E-state index in [2.05, 4.69) is 32.1 Å². The molecule has 1 saturated carbocycles. The number of aromatic carboxylic acids is 1. The maximum absolute atomic E-state index is 11.0. The fraction of sp³-hybridized carbons (Fsp3) is 0.231. The van der Waals surface area contributed by atoms with Crippen molar-refractivity contribution in [1.82, 2.24) is 14.8 Å². The monoisotopic (exact) mass is 332 g/mol. The number of halogens is 1. The first-order valence-corrected chi connectivity index (χ1v) is 6.79. The van der Waals surface area contributed by atoms with E-state index in [1.165, 1.54) is 4.68 Å². The van der Waals surface area contributed by atoms with Crippen molar-refractivity contribution in [2.24, 2.45) is 0 Å². The largest absolute Gasteiger partial charge is 0.475 e. The Morgan fingerprint density at radius 3 is 2.85 bits per heavy atom. The number of carboxylic acids is 1. The number of hydrogen-bond donors (Lipinski definition) is 1. The fourth-order valence-corrected chi connectivity index (χ4v) is 2.32. The van der Waals surface area contributed by atoms with Crippen molar-refractivity contribution in [3.8, 4) is 11.8 Å². The van der Waals surface area contributed by atoms with Crippen molar-refractivity contribution >= 4 is 21.9 Å². The van der Waals surface area contributed by atoms with E-state index in [4.69, 9.17) is 5.11 Å². The molecule has 3 rings (SSSR count). The smallest absolute Gasteiger partial charge is 0.375 e. The van der Waals surface area contributed by atoms with Crippen LogP contribution in [0.3, 0.4) is 0 Å². The number of benzene rings is 1. The van der Waals surface area contributed by atoms with E-state index >= 15 is 0 Å². The van der Waals surface area contributed by atoms with Crippen LogP contribution in [0.4, 0.5) is 0 Å². The van der Waals surface area contributed by atoms with Gasteiger partial charge < -0.3 is 5.11 Å². The third-order valence-corrected chi connectivity index (χ3v) is 3.57. The van der Waals surface area contributed by atoms with Crippen LogP contribution in [0.15, 0.2) is 22.7 Å². The second kappa shape index (κ2) is 4.72. The molecule has 0 radical (unpaired) electrons. The van der Waals surface area contributed by atoms with Crippen LogP contribution in [-0.2, 0) is 0 Å². The van der Waals surface area contributed by atoms with Crippen molar-refractivity contribution in [3.63, 3.8) is 0 Å². The standard InChI is InChI=1S/C13H9BrN4O2/c14-9-4-3-8(6-15)10(5-9)18-12(7-1-2-7)16-11(17-18)13(19)20/h3-5,7H,1-2H2,(H,19,20). The van der Waals surface area contributed by atoms with Gasteiger partial charge >= 0.3 is 5.97 Å². The summed E-state index contributed by atoms with van der Waals surface area (Å²) in [6.45, 7) is 0. The maximum atomic E-state index is 11.0. The molecule has 1 aliphatic carbocycles. The molecule has 6 nitrogen and oxygen atoms in total. The Morgan fingerprint density at radius 1 is 1.50 bits per heavy atom. The van der Waals surface area contributed by atoms with Gasteiger partial charge in [0.05, 0.1) is 11.3 Å². The Kier molecular flexibility index (Phi) is 3.03. The zero-order chi connectivity index (χ0) is 14.3. The molecule has 2 aromatic rings. The molecular weight excluding hydrogens is 324 g/mol. The second-order valence-corrected chi connectivity index (χ2v) is 5.47. The minimum atomic E-state index is -1.17. The van der Waals surface area contributed by atoms with Gasteiger partial charge in [0.1, 0.15) is 11.9 Å². The molecule has 7 heteroatoms. The minimum Gasteiger partial charge on any atom is -0.475 e. The van der Waals surface area contributed by atoms with E-state index < -0.39 is 5.97 Å². The lowest BCUT2D eigenvalue weighted by Gasteiger charge is -2.07. The average molecular weight is 333 g/mol. The first-order chi connectivity index (χ1) is 9.60. The molecule has 20 heavy (non-hydrogen) atoms. The van der Waals surface area contributed by atoms with Crippen LogP contribution in [-0.4, -0.2) is 25.8 Å². The molecule has 1 aromatic heterocycles. The van der Waals surface area contributed by atoms with Crippen LogP contribution in [0.2, 0.25) is 0 Å². The van der Waals surface area contributed by atoms with Gasteiger partial charge in [-0.25, -0.2) is 14.5 Å². The van der Waals surface area contributed by atoms with E-state index in [0.717, 1.165) is 17.3 Å². The summed E-state index contributed by atoms with van der Waals surface area (Å²) >= 11 is 3.35. The van der Waals surface area contributed by atoms with Gasteiger partial charge in [-0.05, 0) is 31.0 Å². The molecule has 0 amide bonds. The van der Waals surface area contributed by atoms with Crippen LogP contribution in [0.25, 0.3) is 5.69 Å². The predicted molar refractivity (Wildman–Crippen MR) is 72.7 cm³/mol. The first-order valence-electron chi connectivity index (χ1n) is 6.00. The molecule has 1 aliphatic rings. The van der Waals surface area contributed by atoms with Gasteiger partial charge in [-0.1, -0.05) is 15.9 Å². The quantitative estimate of drug-likeness (QED) is 0.932. The van der Waals surface area contributed by atoms with E-state index in [-0.39, 0.29) is 11.7 Å². The number of nitriles is 1. The Hall–Kier alpha value is -2.20. The molecule has 100 valence electrons. The maximum Gasteiger partial charge on any atom is 0.375 e. The summed E-state index contributed by atoms with van der Waals surface area (Å²) < 4.78 is 2.27. The van der Waals surface area contributed by atoms with Crippen LogP contribution in [0.1, 0.15) is 40.8 Å². The van der Waals surface area contributed by atoms with Crippen molar-refractivity contribution in [1.29, 1.82) is 5.26 Å². The predicted octanol–water partition coefficient (Wildman–Crippen LogP) is 2.48. The van der Waals surface area contributed by atoms with Crippen LogP contribution in [0, 0.1) is 11.3 Å². The highest BCUT2D eigenvalue weighted by Gasteiger charge is 2.32. The molecule has 0 aliphatic heterocycles. The topological polar surface area (TPSA) is 91.8 Å². The average Bonchev–Trinajstić information content (AvgIpc) is 3.17. The van der Waals surface area contributed by atoms with Crippen LogP contribution in [0.5, 0.6) is 0 Å². The second-order valence-electron chi connectivity index (χ2n) is 4.56. The van der Waals surface area contributed by atoms with Gasteiger partial charge in [0.15, 0.2) is 0 Å². The lowest BCUT2D eigenvalue weighted by molar-refractivity contribution is 0.0683. The van der Waals surface area contributed by atoms with E-state index in [0.29, 0.717) is 17.1 Å². The van der Waals surface area contributed by atoms with Crippen molar-refractivity contribution < 1.29 is 9.90 Å². The highest BCUT2D eigenvalue weighted by molar-refractivity contribution is 9.10. The van der Waals surface area contributed by atoms with E-state index in [9.17, 15) is 10.1 Å². The molecule has 0 bridgehead atoms. The Balaban J connectivity index is 2.21. The van der Waals surface area contributed by atoms with Gasteiger partial charge in [0, 0.05) is 10.4 Å². The number of nitrogens with zero attached hydrogens (tertiary/aromatic N) is 4. The molecule has 1 N–H and O–H groups in total. The van der Waals surface area contributed by atoms with Crippen molar-refractivity contribution in [2.75, 3.05) is 0 Å². The number of hydrogen-bond acceptors (Lipinski definition) is 4. The zero-order valence-corrected chi connectivity index (χ0v) is 11.8. The zero-order valence-electron chi connectivity index (χ0n) is 10.2. The van der Waals surface area contributed by atoms with E-state index in [1.807, 2.05) is 0 Å². The van der Waals surface area contributed by atoms with Crippen LogP contribution >= 0.6 is 15.9 Å². The molecule has 1 fully saturated rings. The Morgan fingerprint density at radius 2 is 2.25 bits per heavy atom. The summed E-state index contributed by atoms with van der Waals surface area (Å²) in [6.07, 6.45) is 1.93. The Labute approximate surface area is 122 Å². The van der Waals surface area contributed by atoms with Crippen molar-refractivity contribution in [2.45, 2.75) is 18.8 Å². The summed E-state index contributed by atoms with van der Waals surface area (Å²) in [4.78, 5) is 15.1. The number of aromatic nitrogens is 3. The highest BCUT2D eigenvalue weighted by atomic mass is 79.9. The lowest BCUT2D eigenvalue weighted by Crippen LogP contribution is -2.05. The molecule has 0 saturated heterocycles. The molecular formula is C13H9BrN4O2. The third-order valence-electron chi connectivity index (χ3n) is 3.07. The SMILES string of the molecule is N#Cc1ccc(Br)cc1-n1nc(C(=O)O)nc1C1CC1. The highest BCUT2D eigenvalue weighted by Crippen LogP contribution is 2.40. The molecule has 1 heterocycles. The third kappa shape index (κ3) is 2.18. The van der Waals surface area contributed by atoms with Crippen LogP contribution < -0.4 is 0 Å². The summed E-state index contributed by atoms with van der Waals surface area (Å²) in [7, 11) is 0. The number of carboxylic acid groups (broad SMARTS) is 1. The molecule has 1 aromatic carbocycles. The van der Waals surface area contributed by atoms with Gasteiger partial charge in [-0.3, -0.25) is 0 Å².